The lowest BCUT2D eigenvalue weighted by Crippen LogP contribution is -2.42. The lowest BCUT2D eigenvalue weighted by Gasteiger charge is -2.27. The van der Waals surface area contributed by atoms with Crippen molar-refractivity contribution >= 4 is 17.7 Å². The van der Waals surface area contributed by atoms with Gasteiger partial charge in [0.05, 0.1) is 0 Å². The van der Waals surface area contributed by atoms with E-state index in [0.717, 1.165) is 12.0 Å². The predicted octanol–water partition coefficient (Wildman–Crippen LogP) is 2.77. The zero-order valence-corrected chi connectivity index (χ0v) is 12.7. The van der Waals surface area contributed by atoms with E-state index < -0.39 is 11.9 Å². The highest BCUT2D eigenvalue weighted by Gasteiger charge is 2.37. The molecule has 1 heterocycles. The van der Waals surface area contributed by atoms with Crippen molar-refractivity contribution in [3.63, 3.8) is 0 Å². The van der Waals surface area contributed by atoms with Gasteiger partial charge in [-0.15, -0.1) is 0 Å². The highest BCUT2D eigenvalue weighted by atomic mass is 16.4. The molecule has 0 saturated carbocycles. The fourth-order valence-corrected chi connectivity index (χ4v) is 2.68. The Morgan fingerprint density at radius 2 is 2.10 bits per heavy atom. The summed E-state index contributed by atoms with van der Waals surface area (Å²) in [4.78, 5) is 27.2. The smallest absolute Gasteiger partial charge is 0.324 e. The number of carboxylic acids is 1. The standard InChI is InChI=1S/C16H22N2O3/c1-4-11(2)9-17(3)16(21)18-10-13(15(19)20)12-7-5-6-8-14(12)18/h5-8,11,13H,4,9-10H2,1-3H3,(H,19,20). The monoisotopic (exact) mass is 290 g/mol. The first-order valence-corrected chi connectivity index (χ1v) is 7.30. The van der Waals surface area contributed by atoms with Crippen molar-refractivity contribution in [1.29, 1.82) is 0 Å². The number of hydrogen-bond acceptors (Lipinski definition) is 2. The molecule has 0 bridgehead atoms. The number of carboxylic acid groups (broad SMARTS) is 1. The average Bonchev–Trinajstić information content (AvgIpc) is 2.86. The molecule has 1 aliphatic rings. The van der Waals surface area contributed by atoms with Crippen LogP contribution in [0, 0.1) is 5.92 Å². The van der Waals surface area contributed by atoms with Gasteiger partial charge in [0, 0.05) is 25.8 Å². The first kappa shape index (κ1) is 15.4. The van der Waals surface area contributed by atoms with Crippen molar-refractivity contribution in [2.45, 2.75) is 26.2 Å². The maximum atomic E-state index is 12.6. The van der Waals surface area contributed by atoms with Gasteiger partial charge in [-0.25, -0.2) is 4.79 Å². The largest absolute Gasteiger partial charge is 0.481 e. The minimum atomic E-state index is -0.887. The number of anilines is 1. The Morgan fingerprint density at radius 1 is 1.43 bits per heavy atom. The van der Waals surface area contributed by atoms with Gasteiger partial charge in [-0.3, -0.25) is 9.69 Å². The van der Waals surface area contributed by atoms with Gasteiger partial charge in [-0.2, -0.15) is 0 Å². The number of nitrogens with zero attached hydrogens (tertiary/aromatic N) is 2. The normalized spacial score (nSPS) is 18.2. The van der Waals surface area contributed by atoms with E-state index in [1.165, 1.54) is 0 Å². The summed E-state index contributed by atoms with van der Waals surface area (Å²) in [5.74, 6) is -1.10. The fraction of sp³-hybridized carbons (Fsp3) is 0.500. The Balaban J connectivity index is 2.21. The van der Waals surface area contributed by atoms with Gasteiger partial charge in [-0.05, 0) is 17.5 Å². The number of fused-ring (bicyclic) bond motifs is 1. The van der Waals surface area contributed by atoms with E-state index in [9.17, 15) is 14.7 Å². The number of urea groups is 1. The Labute approximate surface area is 125 Å². The molecule has 2 atom stereocenters. The predicted molar refractivity (Wildman–Crippen MR) is 81.6 cm³/mol. The number of rotatable bonds is 4. The van der Waals surface area contributed by atoms with Gasteiger partial charge in [-0.1, -0.05) is 38.5 Å². The van der Waals surface area contributed by atoms with Crippen LogP contribution >= 0.6 is 0 Å². The van der Waals surface area contributed by atoms with Crippen LogP contribution in [0.3, 0.4) is 0 Å². The fourth-order valence-electron chi connectivity index (χ4n) is 2.68. The van der Waals surface area contributed by atoms with Gasteiger partial charge in [0.25, 0.3) is 0 Å². The third kappa shape index (κ3) is 3.01. The summed E-state index contributed by atoms with van der Waals surface area (Å²) < 4.78 is 0. The second-order valence-corrected chi connectivity index (χ2v) is 5.74. The molecule has 114 valence electrons. The molecule has 0 fully saturated rings. The Kier molecular flexibility index (Phi) is 4.50. The topological polar surface area (TPSA) is 60.9 Å². The Hall–Kier alpha value is -2.04. The van der Waals surface area contributed by atoms with Gasteiger partial charge >= 0.3 is 12.0 Å². The summed E-state index contributed by atoms with van der Waals surface area (Å²) in [6, 6.07) is 7.11. The number of amides is 2. The van der Waals surface area contributed by atoms with Crippen LogP contribution in [0.25, 0.3) is 0 Å². The molecule has 0 spiro atoms. The lowest BCUT2D eigenvalue weighted by molar-refractivity contribution is -0.138. The van der Waals surface area contributed by atoms with Gasteiger partial charge in [0.15, 0.2) is 0 Å². The van der Waals surface area contributed by atoms with Gasteiger partial charge in [0.1, 0.15) is 5.92 Å². The molecule has 1 aromatic carbocycles. The van der Waals surface area contributed by atoms with Gasteiger partial charge in [0.2, 0.25) is 0 Å². The van der Waals surface area contributed by atoms with E-state index in [1.807, 2.05) is 18.2 Å². The molecule has 0 saturated heterocycles. The van der Waals surface area contributed by atoms with E-state index in [1.54, 1.807) is 22.9 Å². The number of hydrogen-bond donors (Lipinski definition) is 1. The van der Waals surface area contributed by atoms with E-state index in [-0.39, 0.29) is 12.6 Å². The highest BCUT2D eigenvalue weighted by Crippen LogP contribution is 2.36. The molecule has 5 nitrogen and oxygen atoms in total. The molecule has 21 heavy (non-hydrogen) atoms. The van der Waals surface area contributed by atoms with E-state index >= 15 is 0 Å². The summed E-state index contributed by atoms with van der Waals surface area (Å²) in [6.07, 6.45) is 1.01. The van der Waals surface area contributed by atoms with Crippen molar-refractivity contribution in [1.82, 2.24) is 4.90 Å². The second-order valence-electron chi connectivity index (χ2n) is 5.74. The van der Waals surface area contributed by atoms with Crippen molar-refractivity contribution in [3.05, 3.63) is 29.8 Å². The van der Waals surface area contributed by atoms with Crippen LogP contribution in [0.1, 0.15) is 31.7 Å². The molecule has 2 unspecified atom stereocenters. The maximum Gasteiger partial charge on any atom is 0.324 e. The number of benzene rings is 1. The van der Waals surface area contributed by atoms with Crippen LogP contribution in [0.4, 0.5) is 10.5 Å². The van der Waals surface area contributed by atoms with Crippen LogP contribution in [0.5, 0.6) is 0 Å². The van der Waals surface area contributed by atoms with E-state index in [4.69, 9.17) is 0 Å². The van der Waals surface area contributed by atoms with Crippen molar-refractivity contribution < 1.29 is 14.7 Å². The Bertz CT molecular complexity index is 544. The SMILES string of the molecule is CCC(C)CN(C)C(=O)N1CC(C(=O)O)c2ccccc21. The third-order valence-corrected chi connectivity index (χ3v) is 4.11. The first-order chi connectivity index (χ1) is 9.95. The molecular formula is C16H22N2O3. The molecule has 0 aromatic heterocycles. The number of para-hydroxylation sites is 1. The first-order valence-electron chi connectivity index (χ1n) is 7.30. The molecule has 1 N–H and O–H groups in total. The van der Waals surface area contributed by atoms with Crippen molar-refractivity contribution in [2.75, 3.05) is 25.0 Å². The number of carbonyl (C=O) groups is 2. The quantitative estimate of drug-likeness (QED) is 0.927. The van der Waals surface area contributed by atoms with Crippen molar-refractivity contribution in [2.24, 2.45) is 5.92 Å². The molecule has 0 radical (unpaired) electrons. The molecule has 2 amide bonds. The summed E-state index contributed by atoms with van der Waals surface area (Å²) in [7, 11) is 1.77. The van der Waals surface area contributed by atoms with Crippen LogP contribution in [0.15, 0.2) is 24.3 Å². The summed E-state index contributed by atoms with van der Waals surface area (Å²) in [5.41, 5.74) is 1.43. The molecule has 0 aliphatic carbocycles. The molecular weight excluding hydrogens is 268 g/mol. The van der Waals surface area contributed by atoms with E-state index in [0.29, 0.717) is 18.2 Å². The summed E-state index contributed by atoms with van der Waals surface area (Å²) >= 11 is 0. The third-order valence-electron chi connectivity index (χ3n) is 4.11. The molecule has 5 heteroatoms. The van der Waals surface area contributed by atoms with Crippen LogP contribution in [0.2, 0.25) is 0 Å². The lowest BCUT2D eigenvalue weighted by atomic mass is 10.0. The summed E-state index contributed by atoms with van der Waals surface area (Å²) in [6.45, 7) is 5.07. The minimum absolute atomic E-state index is 0.133. The maximum absolute atomic E-state index is 12.6. The summed E-state index contributed by atoms with van der Waals surface area (Å²) in [5, 5.41) is 9.33. The van der Waals surface area contributed by atoms with Crippen LogP contribution in [-0.2, 0) is 4.79 Å². The second kappa shape index (κ2) is 6.16. The molecule has 1 aliphatic heterocycles. The number of aliphatic carboxylic acids is 1. The van der Waals surface area contributed by atoms with Crippen LogP contribution in [-0.4, -0.2) is 42.1 Å². The molecule has 2 rings (SSSR count). The zero-order chi connectivity index (χ0) is 15.6. The molecule has 1 aromatic rings. The number of carbonyl (C=O) groups excluding carboxylic acids is 1. The van der Waals surface area contributed by atoms with Crippen molar-refractivity contribution in [3.8, 4) is 0 Å². The van der Waals surface area contributed by atoms with E-state index in [2.05, 4.69) is 13.8 Å². The zero-order valence-electron chi connectivity index (χ0n) is 12.7. The minimum Gasteiger partial charge on any atom is -0.481 e. The Morgan fingerprint density at radius 3 is 2.71 bits per heavy atom. The average molecular weight is 290 g/mol. The highest BCUT2D eigenvalue weighted by molar-refractivity contribution is 5.97. The van der Waals surface area contributed by atoms with Gasteiger partial charge < -0.3 is 10.0 Å². The van der Waals surface area contributed by atoms with Crippen LogP contribution < -0.4 is 4.90 Å².